The minimum absolute atomic E-state index is 0.0997. The van der Waals surface area contributed by atoms with Crippen LogP contribution in [-0.2, 0) is 11.3 Å². The van der Waals surface area contributed by atoms with Gasteiger partial charge in [0.05, 0.1) is 6.61 Å². The third kappa shape index (κ3) is 8.62. The molecule has 0 radical (unpaired) electrons. The van der Waals surface area contributed by atoms with Gasteiger partial charge in [-0.15, -0.1) is 0 Å². The molecule has 1 aromatic rings. The van der Waals surface area contributed by atoms with Crippen LogP contribution in [0.25, 0.3) is 0 Å². The maximum atomic E-state index is 11.4. The highest BCUT2D eigenvalue weighted by Crippen LogP contribution is 2.18. The Bertz CT molecular complexity index is 423. The molecule has 2 rings (SSSR count). The number of rotatable bonds is 2. The Morgan fingerprint density at radius 2 is 1.86 bits per heavy atom. The summed E-state index contributed by atoms with van der Waals surface area (Å²) in [5.74, 6) is 0. The number of nitrogens with one attached hydrogen (secondary N) is 1. The van der Waals surface area contributed by atoms with Gasteiger partial charge in [-0.05, 0) is 51.3 Å². The maximum absolute atomic E-state index is 11.4. The molecule has 1 fully saturated rings. The fraction of sp³-hybridized carbons (Fsp3) is 0.647. The van der Waals surface area contributed by atoms with Gasteiger partial charge in [0.1, 0.15) is 5.60 Å². The molecule has 0 aliphatic heterocycles. The predicted molar refractivity (Wildman–Crippen MR) is 86.4 cm³/mol. The molecule has 0 saturated heterocycles. The number of alkyl carbamates (subject to hydrolysis) is 1. The first-order valence-corrected chi connectivity index (χ1v) is 7.90. The van der Waals surface area contributed by atoms with Gasteiger partial charge < -0.3 is 15.2 Å². The third-order valence-electron chi connectivity index (χ3n) is 3.26. The van der Waals surface area contributed by atoms with E-state index in [-0.39, 0.29) is 12.7 Å². The third-order valence-corrected chi connectivity index (χ3v) is 3.26. The summed E-state index contributed by atoms with van der Waals surface area (Å²) in [4.78, 5) is 15.2. The van der Waals surface area contributed by atoms with E-state index in [2.05, 4.69) is 10.3 Å². The number of hydrogen-bond donors (Lipinski definition) is 2. The summed E-state index contributed by atoms with van der Waals surface area (Å²) in [6, 6.07) is 3.89. The Labute approximate surface area is 133 Å². The lowest BCUT2D eigenvalue weighted by Gasteiger charge is -2.25. The van der Waals surface area contributed by atoms with Crippen LogP contribution in [0.5, 0.6) is 0 Å². The van der Waals surface area contributed by atoms with E-state index in [1.807, 2.05) is 20.8 Å². The summed E-state index contributed by atoms with van der Waals surface area (Å²) >= 11 is 0. The molecular formula is C17H28N2O3. The van der Waals surface area contributed by atoms with Gasteiger partial charge in [0, 0.05) is 18.4 Å². The highest BCUT2D eigenvalue weighted by molar-refractivity contribution is 5.68. The van der Waals surface area contributed by atoms with E-state index in [0.717, 1.165) is 18.4 Å². The van der Waals surface area contributed by atoms with Gasteiger partial charge in [0.2, 0.25) is 0 Å². The van der Waals surface area contributed by atoms with Crippen molar-refractivity contribution in [2.45, 2.75) is 71.1 Å². The quantitative estimate of drug-likeness (QED) is 0.878. The van der Waals surface area contributed by atoms with Crippen LogP contribution in [0.2, 0.25) is 0 Å². The molecule has 1 aliphatic carbocycles. The standard InChI is InChI=1S/C11H21NO2.C6H7NO/c1-11(2,3)14-10(13)12-9-7-5-4-6-8-9;8-5-6-1-3-7-4-2-6/h9H,4-8H2,1-3H3,(H,12,13);1-4,8H,5H2. The summed E-state index contributed by atoms with van der Waals surface area (Å²) < 4.78 is 5.19. The second-order valence-corrected chi connectivity index (χ2v) is 6.49. The van der Waals surface area contributed by atoms with Crippen molar-refractivity contribution in [3.05, 3.63) is 30.1 Å². The second-order valence-electron chi connectivity index (χ2n) is 6.49. The molecule has 5 heteroatoms. The first kappa shape index (κ1) is 18.4. The van der Waals surface area contributed by atoms with Crippen molar-refractivity contribution in [1.29, 1.82) is 0 Å². The predicted octanol–water partition coefficient (Wildman–Crippen LogP) is 3.42. The van der Waals surface area contributed by atoms with Crippen LogP contribution in [0.15, 0.2) is 24.5 Å². The van der Waals surface area contributed by atoms with Crippen LogP contribution in [0.1, 0.15) is 58.4 Å². The van der Waals surface area contributed by atoms with Crippen molar-refractivity contribution in [3.63, 3.8) is 0 Å². The van der Waals surface area contributed by atoms with Gasteiger partial charge in [-0.3, -0.25) is 4.98 Å². The summed E-state index contributed by atoms with van der Waals surface area (Å²) in [6.45, 7) is 5.75. The molecule has 2 N–H and O–H groups in total. The fourth-order valence-corrected chi connectivity index (χ4v) is 2.21. The zero-order valence-electron chi connectivity index (χ0n) is 13.8. The SMILES string of the molecule is CC(C)(C)OC(=O)NC1CCCCC1.OCc1ccncc1. The normalized spacial score (nSPS) is 15.5. The van der Waals surface area contributed by atoms with E-state index in [1.54, 1.807) is 24.5 Å². The minimum Gasteiger partial charge on any atom is -0.444 e. The van der Waals surface area contributed by atoms with E-state index >= 15 is 0 Å². The Morgan fingerprint density at radius 3 is 2.32 bits per heavy atom. The molecule has 0 aromatic carbocycles. The molecule has 1 saturated carbocycles. The second kappa shape index (κ2) is 9.41. The Kier molecular flexibility index (Phi) is 7.88. The van der Waals surface area contributed by atoms with E-state index < -0.39 is 5.60 Å². The molecule has 0 bridgehead atoms. The zero-order valence-corrected chi connectivity index (χ0v) is 13.8. The van der Waals surface area contributed by atoms with Gasteiger partial charge in [-0.1, -0.05) is 19.3 Å². The molecule has 1 aliphatic rings. The maximum Gasteiger partial charge on any atom is 0.407 e. The molecule has 1 aromatic heterocycles. The lowest BCUT2D eigenvalue weighted by Crippen LogP contribution is -2.39. The average molecular weight is 308 g/mol. The Balaban J connectivity index is 0.000000255. The Hall–Kier alpha value is -1.62. The number of aromatic nitrogens is 1. The first-order valence-electron chi connectivity index (χ1n) is 7.90. The van der Waals surface area contributed by atoms with Gasteiger partial charge in [-0.25, -0.2) is 4.79 Å². The van der Waals surface area contributed by atoms with E-state index in [9.17, 15) is 4.79 Å². The van der Waals surface area contributed by atoms with Crippen LogP contribution in [0.3, 0.4) is 0 Å². The monoisotopic (exact) mass is 308 g/mol. The van der Waals surface area contributed by atoms with Crippen molar-refractivity contribution >= 4 is 6.09 Å². The molecule has 124 valence electrons. The van der Waals surface area contributed by atoms with E-state index in [1.165, 1.54) is 19.3 Å². The number of aliphatic hydroxyl groups excluding tert-OH is 1. The zero-order chi connectivity index (χ0) is 16.4. The van der Waals surface area contributed by atoms with E-state index in [4.69, 9.17) is 9.84 Å². The molecule has 5 nitrogen and oxygen atoms in total. The largest absolute Gasteiger partial charge is 0.444 e. The van der Waals surface area contributed by atoms with Gasteiger partial charge in [0.25, 0.3) is 0 Å². The number of hydrogen-bond acceptors (Lipinski definition) is 4. The number of ether oxygens (including phenoxy) is 1. The summed E-state index contributed by atoms with van der Waals surface area (Å²) in [7, 11) is 0. The number of carbonyl (C=O) groups is 1. The van der Waals surface area contributed by atoms with Crippen molar-refractivity contribution in [2.24, 2.45) is 0 Å². The minimum atomic E-state index is -0.390. The van der Waals surface area contributed by atoms with Crippen molar-refractivity contribution in [1.82, 2.24) is 10.3 Å². The lowest BCUT2D eigenvalue weighted by atomic mass is 9.96. The Morgan fingerprint density at radius 1 is 1.27 bits per heavy atom. The topological polar surface area (TPSA) is 71.5 Å². The molecule has 0 unspecified atom stereocenters. The van der Waals surface area contributed by atoms with Gasteiger partial charge in [-0.2, -0.15) is 0 Å². The van der Waals surface area contributed by atoms with Crippen LogP contribution >= 0.6 is 0 Å². The number of aliphatic hydroxyl groups is 1. The van der Waals surface area contributed by atoms with E-state index in [0.29, 0.717) is 6.04 Å². The number of amides is 1. The van der Waals surface area contributed by atoms with Crippen molar-refractivity contribution in [2.75, 3.05) is 0 Å². The fourth-order valence-electron chi connectivity index (χ4n) is 2.21. The molecular weight excluding hydrogens is 280 g/mol. The molecule has 1 amide bonds. The molecule has 0 spiro atoms. The number of pyridine rings is 1. The molecule has 0 atom stereocenters. The lowest BCUT2D eigenvalue weighted by molar-refractivity contribution is 0.0493. The van der Waals surface area contributed by atoms with Crippen LogP contribution in [0.4, 0.5) is 4.79 Å². The van der Waals surface area contributed by atoms with Gasteiger partial charge >= 0.3 is 6.09 Å². The van der Waals surface area contributed by atoms with Crippen molar-refractivity contribution in [3.8, 4) is 0 Å². The van der Waals surface area contributed by atoms with Crippen LogP contribution < -0.4 is 5.32 Å². The number of carbonyl (C=O) groups excluding carboxylic acids is 1. The molecule has 22 heavy (non-hydrogen) atoms. The smallest absolute Gasteiger partial charge is 0.407 e. The highest BCUT2D eigenvalue weighted by Gasteiger charge is 2.20. The highest BCUT2D eigenvalue weighted by atomic mass is 16.6. The van der Waals surface area contributed by atoms with Crippen molar-refractivity contribution < 1.29 is 14.6 Å². The summed E-state index contributed by atoms with van der Waals surface area (Å²) in [6.07, 6.45) is 8.98. The molecule has 1 heterocycles. The van der Waals surface area contributed by atoms with Crippen LogP contribution in [0, 0.1) is 0 Å². The average Bonchev–Trinajstić information content (AvgIpc) is 2.48. The first-order chi connectivity index (χ1) is 10.4. The van der Waals surface area contributed by atoms with Crippen LogP contribution in [-0.4, -0.2) is 27.8 Å². The summed E-state index contributed by atoms with van der Waals surface area (Å²) in [5.41, 5.74) is 0.513. The number of nitrogens with zero attached hydrogens (tertiary/aromatic N) is 1. The summed E-state index contributed by atoms with van der Waals surface area (Å²) in [5, 5.41) is 11.4. The van der Waals surface area contributed by atoms with Gasteiger partial charge in [0.15, 0.2) is 0 Å².